The molecule has 5 rings (SSSR count). The fourth-order valence-electron chi connectivity index (χ4n) is 3.73. The molecule has 0 radical (unpaired) electrons. The maximum absolute atomic E-state index is 12.9. The maximum Gasteiger partial charge on any atom is 0.416 e. The Bertz CT molecular complexity index is 1500. The topological polar surface area (TPSA) is 86.2 Å². The molecule has 5 aromatic rings. The molecule has 0 saturated carbocycles. The van der Waals surface area contributed by atoms with E-state index in [2.05, 4.69) is 15.3 Å². The van der Waals surface area contributed by atoms with E-state index in [0.29, 0.717) is 35.2 Å². The first-order valence-corrected chi connectivity index (χ1v) is 11.1. The van der Waals surface area contributed by atoms with Gasteiger partial charge in [0.2, 0.25) is 0 Å². The third kappa shape index (κ3) is 5.16. The van der Waals surface area contributed by atoms with Crippen molar-refractivity contribution in [2.45, 2.75) is 19.3 Å². The van der Waals surface area contributed by atoms with Crippen LogP contribution < -0.4 is 15.8 Å². The maximum atomic E-state index is 12.9. The molecule has 0 aliphatic rings. The second kappa shape index (κ2) is 9.71. The summed E-state index contributed by atoms with van der Waals surface area (Å²) < 4.78 is 50.2. The predicted molar refractivity (Wildman–Crippen MR) is 131 cm³/mol. The Labute approximate surface area is 204 Å². The first-order valence-electron chi connectivity index (χ1n) is 11.1. The fraction of sp³-hybridized carbons (Fsp3) is 0.111. The summed E-state index contributed by atoms with van der Waals surface area (Å²) in [6.45, 7) is 0.345. The van der Waals surface area contributed by atoms with Gasteiger partial charge < -0.3 is 20.2 Å². The van der Waals surface area contributed by atoms with Gasteiger partial charge in [0.15, 0.2) is 0 Å². The van der Waals surface area contributed by atoms with Crippen molar-refractivity contribution in [1.82, 2.24) is 9.97 Å². The highest BCUT2D eigenvalue weighted by atomic mass is 19.4. The van der Waals surface area contributed by atoms with Gasteiger partial charge in [-0.15, -0.1) is 0 Å². The Kier molecular flexibility index (Phi) is 6.30. The second-order valence-electron chi connectivity index (χ2n) is 8.06. The molecule has 0 fully saturated rings. The lowest BCUT2D eigenvalue weighted by Crippen LogP contribution is -2.06. The van der Waals surface area contributed by atoms with Crippen LogP contribution in [-0.4, -0.2) is 9.97 Å². The molecule has 0 saturated heterocycles. The standard InChI is InChI=1S/C27H21F3N4O2/c28-27(29,30)19-3-1-2-17(12-19)15-35-21-7-5-20(6-8-21)34-26-23-13-18(4-10-24(23)32-16-33-26)25-11-9-22(14-31)36-25/h1-13,16H,14-15,31H2,(H,32,33,34). The molecule has 2 heterocycles. The molecule has 0 atom stereocenters. The summed E-state index contributed by atoms with van der Waals surface area (Å²) in [6, 6.07) is 21.7. The number of ether oxygens (including phenoxy) is 1. The number of nitrogens with zero attached hydrogens (tertiary/aromatic N) is 2. The van der Waals surface area contributed by atoms with Crippen LogP contribution in [0.4, 0.5) is 24.7 Å². The highest BCUT2D eigenvalue weighted by molar-refractivity contribution is 5.93. The van der Waals surface area contributed by atoms with Gasteiger partial charge in [-0.2, -0.15) is 13.2 Å². The lowest BCUT2D eigenvalue weighted by molar-refractivity contribution is -0.137. The van der Waals surface area contributed by atoms with E-state index in [4.69, 9.17) is 14.9 Å². The van der Waals surface area contributed by atoms with Gasteiger partial charge in [0, 0.05) is 16.6 Å². The van der Waals surface area contributed by atoms with E-state index >= 15 is 0 Å². The Morgan fingerprint density at radius 3 is 2.50 bits per heavy atom. The van der Waals surface area contributed by atoms with Crippen LogP contribution in [0.15, 0.2) is 89.6 Å². The molecule has 0 bridgehead atoms. The van der Waals surface area contributed by atoms with Gasteiger partial charge >= 0.3 is 6.18 Å². The van der Waals surface area contributed by atoms with Gasteiger partial charge in [-0.1, -0.05) is 12.1 Å². The van der Waals surface area contributed by atoms with E-state index in [1.54, 1.807) is 30.3 Å². The summed E-state index contributed by atoms with van der Waals surface area (Å²) in [5, 5.41) is 4.10. The number of benzene rings is 3. The second-order valence-corrected chi connectivity index (χ2v) is 8.06. The number of rotatable bonds is 7. The molecular formula is C27H21F3N4O2. The van der Waals surface area contributed by atoms with Crippen molar-refractivity contribution in [2.75, 3.05) is 5.32 Å². The van der Waals surface area contributed by atoms with E-state index in [1.807, 2.05) is 30.3 Å². The number of alkyl halides is 3. The number of halogens is 3. The third-order valence-electron chi connectivity index (χ3n) is 5.56. The minimum Gasteiger partial charge on any atom is -0.489 e. The average molecular weight is 490 g/mol. The number of nitrogens with two attached hydrogens (primary N) is 1. The number of hydrogen-bond donors (Lipinski definition) is 2. The molecule has 0 spiro atoms. The zero-order valence-corrected chi connectivity index (χ0v) is 18.9. The summed E-state index contributed by atoms with van der Waals surface area (Å²) in [4.78, 5) is 8.72. The summed E-state index contributed by atoms with van der Waals surface area (Å²) in [6.07, 6.45) is -2.91. The van der Waals surface area contributed by atoms with Crippen molar-refractivity contribution in [1.29, 1.82) is 0 Å². The van der Waals surface area contributed by atoms with Crippen LogP contribution in [0.1, 0.15) is 16.9 Å². The number of anilines is 2. The van der Waals surface area contributed by atoms with Gasteiger partial charge in [0.25, 0.3) is 0 Å². The first-order chi connectivity index (χ1) is 17.4. The van der Waals surface area contributed by atoms with E-state index in [0.717, 1.165) is 34.3 Å². The van der Waals surface area contributed by atoms with Crippen molar-refractivity contribution in [2.24, 2.45) is 5.73 Å². The molecule has 0 unspecified atom stereocenters. The van der Waals surface area contributed by atoms with Gasteiger partial charge in [0.1, 0.15) is 36.0 Å². The van der Waals surface area contributed by atoms with Crippen LogP contribution in [0.25, 0.3) is 22.2 Å². The number of furan rings is 1. The highest BCUT2D eigenvalue weighted by Crippen LogP contribution is 2.31. The SMILES string of the molecule is NCc1ccc(-c2ccc3ncnc(Nc4ccc(OCc5cccc(C(F)(F)F)c5)cc4)c3c2)o1. The number of aromatic nitrogens is 2. The molecule has 3 aromatic carbocycles. The van der Waals surface area contributed by atoms with E-state index in [-0.39, 0.29) is 6.61 Å². The fourth-order valence-corrected chi connectivity index (χ4v) is 3.73. The normalized spacial score (nSPS) is 11.6. The quantitative estimate of drug-likeness (QED) is 0.264. The van der Waals surface area contributed by atoms with Crippen LogP contribution in [0.5, 0.6) is 5.75 Å². The molecule has 9 heteroatoms. The van der Waals surface area contributed by atoms with Crippen LogP contribution in [0.2, 0.25) is 0 Å². The summed E-state index contributed by atoms with van der Waals surface area (Å²) in [5.41, 5.74) is 7.79. The van der Waals surface area contributed by atoms with Gasteiger partial charge in [-0.25, -0.2) is 9.97 Å². The number of nitrogens with one attached hydrogen (secondary N) is 1. The highest BCUT2D eigenvalue weighted by Gasteiger charge is 2.30. The van der Waals surface area contributed by atoms with Crippen LogP contribution in [0, 0.1) is 0 Å². The molecular weight excluding hydrogens is 469 g/mol. The molecule has 182 valence electrons. The largest absolute Gasteiger partial charge is 0.489 e. The zero-order chi connectivity index (χ0) is 25.1. The molecule has 2 aromatic heterocycles. The van der Waals surface area contributed by atoms with Crippen molar-refractivity contribution >= 4 is 22.4 Å². The first kappa shape index (κ1) is 23.4. The van der Waals surface area contributed by atoms with E-state index in [1.165, 1.54) is 12.4 Å². The Morgan fingerprint density at radius 2 is 1.75 bits per heavy atom. The van der Waals surface area contributed by atoms with Gasteiger partial charge in [-0.05, 0) is 72.3 Å². The summed E-state index contributed by atoms with van der Waals surface area (Å²) in [5.74, 6) is 2.55. The smallest absolute Gasteiger partial charge is 0.416 e. The molecule has 0 aliphatic heterocycles. The minimum absolute atomic E-state index is 0.0225. The predicted octanol–water partition coefficient (Wildman–Crippen LogP) is 6.69. The van der Waals surface area contributed by atoms with Crippen LogP contribution in [0.3, 0.4) is 0 Å². The Morgan fingerprint density at radius 1 is 0.917 bits per heavy atom. The van der Waals surface area contributed by atoms with E-state index in [9.17, 15) is 13.2 Å². The number of fused-ring (bicyclic) bond motifs is 1. The lowest BCUT2D eigenvalue weighted by atomic mass is 10.1. The average Bonchev–Trinajstić information content (AvgIpc) is 3.37. The Hall–Kier alpha value is -4.37. The van der Waals surface area contributed by atoms with Gasteiger partial charge in [0.05, 0.1) is 17.6 Å². The summed E-state index contributed by atoms with van der Waals surface area (Å²) >= 11 is 0. The molecule has 0 amide bonds. The van der Waals surface area contributed by atoms with Gasteiger partial charge in [-0.3, -0.25) is 0 Å². The minimum atomic E-state index is -4.39. The molecule has 0 aliphatic carbocycles. The van der Waals surface area contributed by atoms with Crippen LogP contribution in [-0.2, 0) is 19.3 Å². The third-order valence-corrected chi connectivity index (χ3v) is 5.56. The van der Waals surface area contributed by atoms with E-state index < -0.39 is 11.7 Å². The number of hydrogen-bond acceptors (Lipinski definition) is 6. The van der Waals surface area contributed by atoms with Crippen molar-refractivity contribution in [3.8, 4) is 17.1 Å². The van der Waals surface area contributed by atoms with Crippen molar-refractivity contribution < 1.29 is 22.3 Å². The van der Waals surface area contributed by atoms with Crippen molar-refractivity contribution in [3.05, 3.63) is 102 Å². The lowest BCUT2D eigenvalue weighted by Gasteiger charge is -2.12. The molecule has 36 heavy (non-hydrogen) atoms. The van der Waals surface area contributed by atoms with Crippen LogP contribution >= 0.6 is 0 Å². The van der Waals surface area contributed by atoms with Crippen molar-refractivity contribution in [3.63, 3.8) is 0 Å². The Balaban J connectivity index is 1.31. The monoisotopic (exact) mass is 490 g/mol. The zero-order valence-electron chi connectivity index (χ0n) is 18.9. The molecule has 3 N–H and O–H groups in total. The summed E-state index contributed by atoms with van der Waals surface area (Å²) in [7, 11) is 0. The molecule has 6 nitrogen and oxygen atoms in total.